The smallest absolute Gasteiger partial charge is 0.359 e. The molecule has 0 saturated carbocycles. The lowest BCUT2D eigenvalue weighted by Gasteiger charge is -2.14. The van der Waals surface area contributed by atoms with Crippen molar-refractivity contribution in [3.05, 3.63) is 16.3 Å². The summed E-state index contributed by atoms with van der Waals surface area (Å²) in [5.41, 5.74) is 0. The number of hydrogen-bond acceptors (Lipinski definition) is 5. The van der Waals surface area contributed by atoms with E-state index in [1.54, 1.807) is 0 Å². The van der Waals surface area contributed by atoms with Crippen molar-refractivity contribution in [1.29, 1.82) is 0 Å². The molecular formula is C7H8F3N3O2S. The molecule has 0 aliphatic heterocycles. The minimum atomic E-state index is -4.27. The van der Waals surface area contributed by atoms with E-state index in [0.29, 0.717) is 11.3 Å². The Bertz CT molecular complexity index is 379. The van der Waals surface area contributed by atoms with Crippen molar-refractivity contribution in [2.45, 2.75) is 25.6 Å². The normalized spacial score (nSPS) is 13.5. The standard InChI is InChI=1S/C7H8F3N3O2S/c1-4(2-7(8,9)10)12-6-11-3-5(16-6)13(14)15/h3-4H,2H2,1H3,(H,11,12). The SMILES string of the molecule is CC(CC(F)(F)F)Nc1ncc([N+](=O)[O-])s1. The first-order valence-corrected chi connectivity index (χ1v) is 5.03. The van der Waals surface area contributed by atoms with Crippen molar-refractivity contribution in [1.82, 2.24) is 4.98 Å². The molecule has 1 rings (SSSR count). The molecule has 1 heterocycles. The molecule has 0 radical (unpaired) electrons. The topological polar surface area (TPSA) is 68.1 Å². The summed E-state index contributed by atoms with van der Waals surface area (Å²) in [6.07, 6.45) is -4.27. The molecule has 5 nitrogen and oxygen atoms in total. The molecular weight excluding hydrogens is 247 g/mol. The van der Waals surface area contributed by atoms with Crippen molar-refractivity contribution >= 4 is 21.5 Å². The zero-order valence-corrected chi connectivity index (χ0v) is 8.93. The van der Waals surface area contributed by atoms with Crippen molar-refractivity contribution in [3.8, 4) is 0 Å². The summed E-state index contributed by atoms with van der Waals surface area (Å²) in [5, 5.41) is 12.7. The zero-order valence-electron chi connectivity index (χ0n) is 8.11. The lowest BCUT2D eigenvalue weighted by Crippen LogP contribution is -2.23. The van der Waals surface area contributed by atoms with Gasteiger partial charge in [0.25, 0.3) is 0 Å². The summed E-state index contributed by atoms with van der Waals surface area (Å²) in [7, 11) is 0. The molecule has 1 atom stereocenters. The van der Waals surface area contributed by atoms with Crippen LogP contribution >= 0.6 is 11.3 Å². The van der Waals surface area contributed by atoms with E-state index >= 15 is 0 Å². The zero-order chi connectivity index (χ0) is 12.3. The van der Waals surface area contributed by atoms with Gasteiger partial charge in [-0.05, 0) is 18.3 Å². The van der Waals surface area contributed by atoms with Crippen molar-refractivity contribution < 1.29 is 18.1 Å². The molecule has 1 N–H and O–H groups in total. The van der Waals surface area contributed by atoms with Crippen LogP contribution in [0.4, 0.5) is 23.3 Å². The van der Waals surface area contributed by atoms with Gasteiger partial charge in [-0.25, -0.2) is 4.98 Å². The summed E-state index contributed by atoms with van der Waals surface area (Å²) in [4.78, 5) is 13.3. The monoisotopic (exact) mass is 255 g/mol. The number of aromatic nitrogens is 1. The lowest BCUT2D eigenvalue weighted by molar-refractivity contribution is -0.380. The Balaban J connectivity index is 2.56. The number of rotatable bonds is 4. The molecule has 0 aliphatic carbocycles. The Morgan fingerprint density at radius 2 is 2.31 bits per heavy atom. The van der Waals surface area contributed by atoms with Crippen LogP contribution in [-0.4, -0.2) is 22.1 Å². The fourth-order valence-corrected chi connectivity index (χ4v) is 1.77. The quantitative estimate of drug-likeness (QED) is 0.663. The summed E-state index contributed by atoms with van der Waals surface area (Å²) in [5.74, 6) is 0. The van der Waals surface area contributed by atoms with E-state index in [0.717, 1.165) is 6.20 Å². The van der Waals surface area contributed by atoms with E-state index in [4.69, 9.17) is 0 Å². The molecule has 0 fully saturated rings. The van der Waals surface area contributed by atoms with Gasteiger partial charge in [-0.2, -0.15) is 13.2 Å². The maximum atomic E-state index is 12.0. The molecule has 90 valence electrons. The number of halogens is 3. The van der Waals surface area contributed by atoms with Crippen LogP contribution in [0.15, 0.2) is 6.20 Å². The van der Waals surface area contributed by atoms with Crippen LogP contribution in [-0.2, 0) is 0 Å². The first-order chi connectivity index (χ1) is 7.28. The van der Waals surface area contributed by atoms with Gasteiger partial charge in [0, 0.05) is 6.04 Å². The molecule has 0 aromatic carbocycles. The maximum Gasteiger partial charge on any atom is 0.391 e. The Kier molecular flexibility index (Phi) is 3.68. The van der Waals surface area contributed by atoms with Gasteiger partial charge in [0.05, 0.1) is 11.3 Å². The third-order valence-electron chi connectivity index (χ3n) is 1.58. The van der Waals surface area contributed by atoms with E-state index in [1.807, 2.05) is 0 Å². The molecule has 0 aliphatic rings. The van der Waals surface area contributed by atoms with Gasteiger partial charge in [-0.15, -0.1) is 0 Å². The predicted octanol–water partition coefficient (Wildman–Crippen LogP) is 2.80. The molecule has 16 heavy (non-hydrogen) atoms. The van der Waals surface area contributed by atoms with Crippen LogP contribution in [0.2, 0.25) is 0 Å². The van der Waals surface area contributed by atoms with Crippen molar-refractivity contribution in [2.24, 2.45) is 0 Å². The molecule has 0 saturated heterocycles. The summed E-state index contributed by atoms with van der Waals surface area (Å²) in [6.45, 7) is 1.33. The van der Waals surface area contributed by atoms with Crippen molar-refractivity contribution in [3.63, 3.8) is 0 Å². The number of thiazole rings is 1. The Morgan fingerprint density at radius 1 is 1.69 bits per heavy atom. The second-order valence-electron chi connectivity index (χ2n) is 3.13. The highest BCUT2D eigenvalue weighted by molar-refractivity contribution is 7.18. The Labute approximate surface area is 92.5 Å². The highest BCUT2D eigenvalue weighted by atomic mass is 32.1. The minimum absolute atomic E-state index is 0.114. The maximum absolute atomic E-state index is 12.0. The minimum Gasteiger partial charge on any atom is -0.359 e. The number of nitro groups is 1. The highest BCUT2D eigenvalue weighted by Gasteiger charge is 2.30. The molecule has 9 heteroatoms. The van der Waals surface area contributed by atoms with E-state index in [-0.39, 0.29) is 10.1 Å². The van der Waals surface area contributed by atoms with E-state index in [9.17, 15) is 23.3 Å². The van der Waals surface area contributed by atoms with Crippen molar-refractivity contribution in [2.75, 3.05) is 5.32 Å². The number of hydrogen-bond donors (Lipinski definition) is 1. The van der Waals surface area contributed by atoms with Gasteiger partial charge >= 0.3 is 11.2 Å². The molecule has 0 spiro atoms. The average molecular weight is 255 g/mol. The van der Waals surface area contributed by atoms with Gasteiger partial charge in [0.2, 0.25) is 0 Å². The average Bonchev–Trinajstić information content (AvgIpc) is 2.48. The van der Waals surface area contributed by atoms with Gasteiger partial charge < -0.3 is 5.32 Å². The number of nitrogens with one attached hydrogen (secondary N) is 1. The first-order valence-electron chi connectivity index (χ1n) is 4.21. The second kappa shape index (κ2) is 4.64. The van der Waals surface area contributed by atoms with E-state index in [1.165, 1.54) is 6.92 Å². The first kappa shape index (κ1) is 12.7. The van der Waals surface area contributed by atoms with Crippen LogP contribution in [0.3, 0.4) is 0 Å². The van der Waals surface area contributed by atoms with Crippen LogP contribution in [0.25, 0.3) is 0 Å². The van der Waals surface area contributed by atoms with Gasteiger partial charge in [0.15, 0.2) is 5.13 Å². The third kappa shape index (κ3) is 4.01. The molecule has 1 aromatic heterocycles. The third-order valence-corrected chi connectivity index (χ3v) is 2.46. The largest absolute Gasteiger partial charge is 0.391 e. The Morgan fingerprint density at radius 3 is 2.75 bits per heavy atom. The molecule has 0 amide bonds. The molecule has 0 bridgehead atoms. The number of nitrogens with zero attached hydrogens (tertiary/aromatic N) is 2. The van der Waals surface area contributed by atoms with E-state index < -0.39 is 23.6 Å². The predicted molar refractivity (Wildman–Crippen MR) is 52.5 cm³/mol. The van der Waals surface area contributed by atoms with Gasteiger partial charge in [-0.1, -0.05) is 0 Å². The highest BCUT2D eigenvalue weighted by Crippen LogP contribution is 2.28. The summed E-state index contributed by atoms with van der Waals surface area (Å²) < 4.78 is 35.9. The summed E-state index contributed by atoms with van der Waals surface area (Å²) in [6, 6.07) is -0.870. The van der Waals surface area contributed by atoms with Crippen LogP contribution in [0.1, 0.15) is 13.3 Å². The second-order valence-corrected chi connectivity index (χ2v) is 4.13. The lowest BCUT2D eigenvalue weighted by atomic mass is 10.2. The molecule has 1 unspecified atom stereocenters. The Hall–Kier alpha value is -1.38. The van der Waals surface area contributed by atoms with E-state index in [2.05, 4.69) is 10.3 Å². The fourth-order valence-electron chi connectivity index (χ4n) is 1.03. The van der Waals surface area contributed by atoms with Crippen LogP contribution in [0.5, 0.6) is 0 Å². The molecule has 1 aromatic rings. The van der Waals surface area contributed by atoms with Crippen LogP contribution in [0, 0.1) is 10.1 Å². The van der Waals surface area contributed by atoms with Gasteiger partial charge in [0.1, 0.15) is 6.20 Å². The summed E-state index contributed by atoms with van der Waals surface area (Å²) >= 11 is 0.707. The fraction of sp³-hybridized carbons (Fsp3) is 0.571. The van der Waals surface area contributed by atoms with Crippen LogP contribution < -0.4 is 5.32 Å². The number of alkyl halides is 3. The van der Waals surface area contributed by atoms with Gasteiger partial charge in [-0.3, -0.25) is 10.1 Å². The number of anilines is 1.